The molecule has 1 saturated heterocycles. The second kappa shape index (κ2) is 7.34. The molecule has 0 radical (unpaired) electrons. The summed E-state index contributed by atoms with van der Waals surface area (Å²) in [4.78, 5) is 13.4. The number of benzene rings is 1. The van der Waals surface area contributed by atoms with Crippen molar-refractivity contribution < 1.29 is 0 Å². The summed E-state index contributed by atoms with van der Waals surface area (Å²) < 4.78 is 0. The van der Waals surface area contributed by atoms with Gasteiger partial charge in [0.25, 0.3) is 0 Å². The summed E-state index contributed by atoms with van der Waals surface area (Å²) in [5, 5.41) is 4.44. The molecule has 7 heteroatoms. The van der Waals surface area contributed by atoms with Gasteiger partial charge in [0.2, 0.25) is 0 Å². The molecule has 0 unspecified atom stereocenters. The lowest BCUT2D eigenvalue weighted by Gasteiger charge is -2.34. The van der Waals surface area contributed by atoms with Crippen LogP contribution in [0.1, 0.15) is 6.92 Å². The van der Waals surface area contributed by atoms with Crippen molar-refractivity contribution in [3.05, 3.63) is 40.6 Å². The van der Waals surface area contributed by atoms with Gasteiger partial charge in [-0.05, 0) is 24.7 Å². The summed E-state index contributed by atoms with van der Waals surface area (Å²) >= 11 is 12.2. The summed E-state index contributed by atoms with van der Waals surface area (Å²) in [6.07, 6.45) is 1.57. The van der Waals surface area contributed by atoms with Crippen LogP contribution in [0.5, 0.6) is 0 Å². The van der Waals surface area contributed by atoms with Gasteiger partial charge in [-0.3, -0.25) is 0 Å². The first-order valence-electron chi connectivity index (χ1n) is 7.67. The van der Waals surface area contributed by atoms with Gasteiger partial charge in [-0.1, -0.05) is 30.1 Å². The van der Waals surface area contributed by atoms with Gasteiger partial charge >= 0.3 is 0 Å². The number of halogens is 2. The minimum Gasteiger partial charge on any atom is -0.354 e. The van der Waals surface area contributed by atoms with E-state index < -0.39 is 0 Å². The predicted octanol–water partition coefficient (Wildman–Crippen LogP) is 3.67. The normalized spacial score (nSPS) is 15.7. The smallest absolute Gasteiger partial charge is 0.135 e. The third-order valence-corrected chi connectivity index (χ3v) is 4.55. The molecule has 23 heavy (non-hydrogen) atoms. The van der Waals surface area contributed by atoms with Crippen molar-refractivity contribution in [2.45, 2.75) is 6.92 Å². The summed E-state index contributed by atoms with van der Waals surface area (Å²) in [6, 6.07) is 7.25. The first-order chi connectivity index (χ1) is 11.2. The number of nitrogens with zero attached hydrogens (tertiary/aromatic N) is 4. The highest BCUT2D eigenvalue weighted by molar-refractivity contribution is 6.35. The number of anilines is 3. The van der Waals surface area contributed by atoms with Crippen LogP contribution in [-0.2, 0) is 0 Å². The Morgan fingerprint density at radius 2 is 1.87 bits per heavy atom. The number of hydrogen-bond donors (Lipinski definition) is 1. The van der Waals surface area contributed by atoms with E-state index >= 15 is 0 Å². The largest absolute Gasteiger partial charge is 0.354 e. The van der Waals surface area contributed by atoms with Gasteiger partial charge in [0.05, 0.1) is 10.7 Å². The second-order valence-electron chi connectivity index (χ2n) is 5.43. The highest BCUT2D eigenvalue weighted by atomic mass is 35.5. The minimum atomic E-state index is 0.603. The molecule has 2 aromatic rings. The number of piperazine rings is 1. The van der Waals surface area contributed by atoms with Crippen LogP contribution in [0.2, 0.25) is 10.0 Å². The Labute approximate surface area is 146 Å². The van der Waals surface area contributed by atoms with Crippen molar-refractivity contribution in [1.29, 1.82) is 0 Å². The van der Waals surface area contributed by atoms with Gasteiger partial charge in [-0.25, -0.2) is 9.97 Å². The molecule has 1 aromatic heterocycles. The maximum absolute atomic E-state index is 6.19. The summed E-state index contributed by atoms with van der Waals surface area (Å²) in [5.41, 5.74) is 0.736. The van der Waals surface area contributed by atoms with Crippen LogP contribution in [0.3, 0.4) is 0 Å². The van der Waals surface area contributed by atoms with Crippen LogP contribution in [0.4, 0.5) is 17.3 Å². The van der Waals surface area contributed by atoms with Crippen LogP contribution in [0.15, 0.2) is 30.6 Å². The third-order valence-electron chi connectivity index (χ3n) is 3.99. The fraction of sp³-hybridized carbons (Fsp3) is 0.375. The van der Waals surface area contributed by atoms with Gasteiger partial charge in [0.1, 0.15) is 18.0 Å². The number of likely N-dealkylation sites (N-methyl/N-ethyl adjacent to an activating group) is 1. The van der Waals surface area contributed by atoms with Gasteiger partial charge in [-0.2, -0.15) is 0 Å². The molecule has 2 heterocycles. The Morgan fingerprint density at radius 1 is 1.09 bits per heavy atom. The summed E-state index contributed by atoms with van der Waals surface area (Å²) in [7, 11) is 0. The zero-order valence-electron chi connectivity index (χ0n) is 13.0. The highest BCUT2D eigenvalue weighted by Gasteiger charge is 2.17. The van der Waals surface area contributed by atoms with Crippen LogP contribution in [0, 0.1) is 0 Å². The van der Waals surface area contributed by atoms with Gasteiger partial charge in [0.15, 0.2) is 0 Å². The molecule has 3 rings (SSSR count). The molecule has 0 spiro atoms. The zero-order valence-corrected chi connectivity index (χ0v) is 14.5. The van der Waals surface area contributed by atoms with Crippen LogP contribution < -0.4 is 10.2 Å². The number of rotatable bonds is 4. The average Bonchev–Trinajstić information content (AvgIpc) is 2.58. The Morgan fingerprint density at radius 3 is 2.61 bits per heavy atom. The molecular formula is C16H19Cl2N5. The Bertz CT molecular complexity index is 671. The maximum atomic E-state index is 6.19. The number of nitrogens with one attached hydrogen (secondary N) is 1. The molecule has 5 nitrogen and oxygen atoms in total. The minimum absolute atomic E-state index is 0.603. The Hall–Kier alpha value is -1.56. The molecule has 0 aliphatic carbocycles. The number of hydrogen-bond acceptors (Lipinski definition) is 5. The molecular weight excluding hydrogens is 333 g/mol. The Kier molecular flexibility index (Phi) is 5.20. The van der Waals surface area contributed by atoms with Crippen LogP contribution in [0.25, 0.3) is 0 Å². The van der Waals surface area contributed by atoms with Gasteiger partial charge in [0, 0.05) is 37.3 Å². The first-order valence-corrected chi connectivity index (χ1v) is 8.42. The standard InChI is InChI=1S/C16H19Cl2N5/c1-2-22-5-7-23(8-6-22)16-10-15(19-11-20-16)21-14-9-12(17)3-4-13(14)18/h3-4,9-11H,2,5-8H2,1H3,(H,19,20,21). The summed E-state index contributed by atoms with van der Waals surface area (Å²) in [5.74, 6) is 1.63. The molecule has 1 fully saturated rings. The molecule has 122 valence electrons. The van der Waals surface area contributed by atoms with E-state index in [2.05, 4.69) is 32.0 Å². The van der Waals surface area contributed by atoms with E-state index in [-0.39, 0.29) is 0 Å². The second-order valence-corrected chi connectivity index (χ2v) is 6.28. The molecule has 1 N–H and O–H groups in total. The van der Waals surface area contributed by atoms with Crippen molar-refractivity contribution >= 4 is 40.5 Å². The molecule has 1 aliphatic rings. The van der Waals surface area contributed by atoms with E-state index in [1.807, 2.05) is 6.07 Å². The zero-order chi connectivity index (χ0) is 16.2. The van der Waals surface area contributed by atoms with Gasteiger partial charge in [-0.15, -0.1) is 0 Å². The van der Waals surface area contributed by atoms with E-state index in [0.717, 1.165) is 44.2 Å². The lowest BCUT2D eigenvalue weighted by atomic mass is 10.3. The molecule has 0 bridgehead atoms. The van der Waals surface area contributed by atoms with E-state index in [0.29, 0.717) is 15.9 Å². The number of aromatic nitrogens is 2. The first kappa shape index (κ1) is 16.3. The van der Waals surface area contributed by atoms with Crippen LogP contribution in [-0.4, -0.2) is 47.6 Å². The van der Waals surface area contributed by atoms with E-state index in [1.165, 1.54) is 0 Å². The third kappa shape index (κ3) is 4.05. The fourth-order valence-electron chi connectivity index (χ4n) is 2.61. The molecule has 1 aliphatic heterocycles. The lowest BCUT2D eigenvalue weighted by Crippen LogP contribution is -2.46. The van der Waals surface area contributed by atoms with Crippen molar-refractivity contribution in [3.8, 4) is 0 Å². The van der Waals surface area contributed by atoms with Crippen molar-refractivity contribution in [2.24, 2.45) is 0 Å². The highest BCUT2D eigenvalue weighted by Crippen LogP contribution is 2.28. The van der Waals surface area contributed by atoms with E-state index in [9.17, 15) is 0 Å². The van der Waals surface area contributed by atoms with Crippen molar-refractivity contribution in [2.75, 3.05) is 42.9 Å². The Balaban J connectivity index is 1.74. The SMILES string of the molecule is CCN1CCN(c2cc(Nc3cc(Cl)ccc3Cl)ncn2)CC1. The maximum Gasteiger partial charge on any atom is 0.135 e. The molecule has 1 aromatic carbocycles. The van der Waals surface area contributed by atoms with Crippen molar-refractivity contribution in [3.63, 3.8) is 0 Å². The quantitative estimate of drug-likeness (QED) is 0.910. The monoisotopic (exact) mass is 351 g/mol. The molecule has 0 atom stereocenters. The van der Waals surface area contributed by atoms with E-state index in [1.54, 1.807) is 24.5 Å². The molecule has 0 saturated carbocycles. The van der Waals surface area contributed by atoms with Gasteiger partial charge < -0.3 is 15.1 Å². The lowest BCUT2D eigenvalue weighted by molar-refractivity contribution is 0.270. The average molecular weight is 352 g/mol. The fourth-order valence-corrected chi connectivity index (χ4v) is 2.95. The molecule has 0 amide bonds. The van der Waals surface area contributed by atoms with Crippen molar-refractivity contribution in [1.82, 2.24) is 14.9 Å². The predicted molar refractivity (Wildman–Crippen MR) is 96.1 cm³/mol. The topological polar surface area (TPSA) is 44.3 Å². The summed E-state index contributed by atoms with van der Waals surface area (Å²) in [6.45, 7) is 7.35. The van der Waals surface area contributed by atoms with Crippen LogP contribution >= 0.6 is 23.2 Å². The van der Waals surface area contributed by atoms with E-state index in [4.69, 9.17) is 23.2 Å².